The van der Waals surface area contributed by atoms with Crippen molar-refractivity contribution in [2.45, 2.75) is 12.6 Å². The Morgan fingerprint density at radius 3 is 2.79 bits per heavy atom. The summed E-state index contributed by atoms with van der Waals surface area (Å²) in [6.45, 7) is 2.88. The number of pyridine rings is 1. The zero-order valence-corrected chi connectivity index (χ0v) is 12.2. The zero-order chi connectivity index (χ0) is 13.4. The summed E-state index contributed by atoms with van der Waals surface area (Å²) in [6.07, 6.45) is 5.73. The van der Waals surface area contributed by atoms with Gasteiger partial charge in [-0.2, -0.15) is 5.10 Å². The summed E-state index contributed by atoms with van der Waals surface area (Å²) in [5, 5.41) is 4.30. The van der Waals surface area contributed by atoms with Crippen LogP contribution in [0.1, 0.15) is 11.6 Å². The molecule has 1 fully saturated rings. The van der Waals surface area contributed by atoms with Gasteiger partial charge in [0.2, 0.25) is 5.56 Å². The fourth-order valence-electron chi connectivity index (χ4n) is 2.36. The van der Waals surface area contributed by atoms with Crippen LogP contribution in [0.5, 0.6) is 0 Å². The van der Waals surface area contributed by atoms with Gasteiger partial charge in [-0.15, -0.1) is 0 Å². The van der Waals surface area contributed by atoms with E-state index in [0.29, 0.717) is 6.04 Å². The monoisotopic (exact) mass is 322 g/mol. The summed E-state index contributed by atoms with van der Waals surface area (Å²) in [4.78, 5) is 13.7. The lowest BCUT2D eigenvalue weighted by Crippen LogP contribution is -2.47. The van der Waals surface area contributed by atoms with E-state index >= 15 is 0 Å². The van der Waals surface area contributed by atoms with Gasteiger partial charge in [0.05, 0.1) is 16.7 Å². The van der Waals surface area contributed by atoms with Gasteiger partial charge in [0.15, 0.2) is 0 Å². The maximum absolute atomic E-state index is 11.3. The van der Waals surface area contributed by atoms with Crippen molar-refractivity contribution < 1.29 is 0 Å². The first-order chi connectivity index (χ1) is 9.11. The minimum Gasteiger partial charge on any atom is -0.318 e. The quantitative estimate of drug-likeness (QED) is 0.858. The number of hydrogen-bond acceptors (Lipinski definition) is 3. The normalized spacial score (nSPS) is 16.5. The zero-order valence-electron chi connectivity index (χ0n) is 10.7. The summed E-state index contributed by atoms with van der Waals surface area (Å²) < 4.78 is 4.64. The van der Waals surface area contributed by atoms with Crippen LogP contribution in [0.4, 0.5) is 0 Å². The van der Waals surface area contributed by atoms with E-state index in [1.807, 2.05) is 29.3 Å². The molecule has 0 atom stereocenters. The van der Waals surface area contributed by atoms with E-state index in [1.165, 1.54) is 5.56 Å². The Morgan fingerprint density at radius 2 is 2.16 bits per heavy atom. The lowest BCUT2D eigenvalue weighted by molar-refractivity contribution is 0.0906. The predicted molar refractivity (Wildman–Crippen MR) is 75.9 cm³/mol. The highest BCUT2D eigenvalue weighted by Gasteiger charge is 2.28. The summed E-state index contributed by atoms with van der Waals surface area (Å²) in [6, 6.07) is 3.98. The van der Waals surface area contributed by atoms with E-state index in [9.17, 15) is 4.79 Å². The van der Waals surface area contributed by atoms with Gasteiger partial charge in [-0.25, -0.2) is 0 Å². The molecule has 0 aromatic carbocycles. The third kappa shape index (κ3) is 2.64. The Bertz CT molecular complexity index is 642. The van der Waals surface area contributed by atoms with Gasteiger partial charge in [-0.3, -0.25) is 14.4 Å². The average Bonchev–Trinajstić information content (AvgIpc) is 2.74. The topological polar surface area (TPSA) is 43.1 Å². The van der Waals surface area contributed by atoms with Crippen LogP contribution in [0.3, 0.4) is 0 Å². The van der Waals surface area contributed by atoms with Crippen molar-refractivity contribution in [3.05, 3.63) is 51.1 Å². The lowest BCUT2D eigenvalue weighted by atomic mass is 10.1. The molecular weight excluding hydrogens is 308 g/mol. The molecule has 6 heteroatoms. The summed E-state index contributed by atoms with van der Waals surface area (Å²) in [5.41, 5.74) is 1.20. The molecule has 0 spiro atoms. The van der Waals surface area contributed by atoms with Gasteiger partial charge in [-0.1, -0.05) is 6.07 Å². The van der Waals surface area contributed by atoms with Gasteiger partial charge in [0.25, 0.3) is 0 Å². The van der Waals surface area contributed by atoms with Crippen molar-refractivity contribution in [1.82, 2.24) is 19.2 Å². The van der Waals surface area contributed by atoms with Crippen LogP contribution < -0.4 is 5.56 Å². The molecule has 0 aliphatic carbocycles. The largest absolute Gasteiger partial charge is 0.318 e. The Morgan fingerprint density at radius 1 is 1.37 bits per heavy atom. The number of halogens is 1. The van der Waals surface area contributed by atoms with E-state index in [4.69, 9.17) is 0 Å². The van der Waals surface area contributed by atoms with E-state index in [2.05, 4.69) is 25.9 Å². The third-order valence-corrected chi connectivity index (χ3v) is 3.84. The van der Waals surface area contributed by atoms with Crippen molar-refractivity contribution in [3.63, 3.8) is 0 Å². The number of likely N-dealkylation sites (tertiary alicyclic amines) is 1. The molecule has 0 unspecified atom stereocenters. The molecule has 0 radical (unpaired) electrons. The predicted octanol–water partition coefficient (Wildman–Crippen LogP) is 1.40. The molecule has 3 rings (SSSR count). The summed E-state index contributed by atoms with van der Waals surface area (Å²) >= 11 is 3.41. The molecule has 0 saturated carbocycles. The highest BCUT2D eigenvalue weighted by molar-refractivity contribution is 9.10. The molecule has 0 amide bonds. The molecule has 1 aliphatic rings. The molecule has 2 aromatic heterocycles. The first-order valence-corrected chi connectivity index (χ1v) is 6.99. The smallest absolute Gasteiger partial charge is 0.250 e. The van der Waals surface area contributed by atoms with Crippen molar-refractivity contribution in [3.8, 4) is 0 Å². The minimum absolute atomic E-state index is 0.0339. The van der Waals surface area contributed by atoms with Crippen LogP contribution in [-0.4, -0.2) is 32.3 Å². The molecule has 2 aromatic rings. The van der Waals surface area contributed by atoms with Crippen LogP contribution in [0.2, 0.25) is 0 Å². The number of aromatic nitrogens is 3. The standard InChI is InChI=1S/C13H15BrN4O/c1-16-5-10(2-3-13(16)19)6-17-8-12(9-17)18-7-11(14)4-15-18/h2-5,7,12H,6,8-9H2,1H3. The van der Waals surface area contributed by atoms with Crippen LogP contribution in [0.25, 0.3) is 0 Å². The van der Waals surface area contributed by atoms with Gasteiger partial charge >= 0.3 is 0 Å². The summed E-state index contributed by atoms with van der Waals surface area (Å²) in [7, 11) is 1.78. The molecule has 0 N–H and O–H groups in total. The molecule has 19 heavy (non-hydrogen) atoms. The lowest BCUT2D eigenvalue weighted by Gasteiger charge is -2.39. The van der Waals surface area contributed by atoms with Gasteiger partial charge < -0.3 is 4.57 Å². The maximum Gasteiger partial charge on any atom is 0.250 e. The fraction of sp³-hybridized carbons (Fsp3) is 0.385. The minimum atomic E-state index is 0.0339. The van der Waals surface area contributed by atoms with Gasteiger partial charge in [-0.05, 0) is 21.5 Å². The molecule has 3 heterocycles. The van der Waals surface area contributed by atoms with E-state index in [1.54, 1.807) is 17.7 Å². The molecule has 100 valence electrons. The number of nitrogens with zero attached hydrogens (tertiary/aromatic N) is 4. The highest BCUT2D eigenvalue weighted by atomic mass is 79.9. The molecule has 5 nitrogen and oxygen atoms in total. The molecule has 1 aliphatic heterocycles. The van der Waals surface area contributed by atoms with Crippen molar-refractivity contribution >= 4 is 15.9 Å². The second kappa shape index (κ2) is 4.94. The number of hydrogen-bond donors (Lipinski definition) is 0. The van der Waals surface area contributed by atoms with Crippen LogP contribution in [0, 0.1) is 0 Å². The van der Waals surface area contributed by atoms with Gasteiger partial charge in [0.1, 0.15) is 0 Å². The Hall–Kier alpha value is -1.40. The van der Waals surface area contributed by atoms with Crippen molar-refractivity contribution in [2.24, 2.45) is 7.05 Å². The number of aryl methyl sites for hydroxylation is 1. The molecule has 1 saturated heterocycles. The Balaban J connectivity index is 1.59. The Labute approximate surface area is 119 Å². The van der Waals surface area contributed by atoms with Crippen LogP contribution in [-0.2, 0) is 13.6 Å². The van der Waals surface area contributed by atoms with Crippen LogP contribution >= 0.6 is 15.9 Å². The highest BCUT2D eigenvalue weighted by Crippen LogP contribution is 2.23. The molecule has 0 bridgehead atoms. The third-order valence-electron chi connectivity index (χ3n) is 3.44. The van der Waals surface area contributed by atoms with E-state index in [0.717, 1.165) is 24.1 Å². The second-order valence-electron chi connectivity index (χ2n) is 4.97. The first kappa shape index (κ1) is 12.6. The van der Waals surface area contributed by atoms with Gasteiger partial charge in [0, 0.05) is 45.1 Å². The SMILES string of the molecule is Cn1cc(CN2CC(n3cc(Br)cn3)C2)ccc1=O. The van der Waals surface area contributed by atoms with E-state index < -0.39 is 0 Å². The van der Waals surface area contributed by atoms with Crippen molar-refractivity contribution in [1.29, 1.82) is 0 Å². The maximum atomic E-state index is 11.3. The first-order valence-electron chi connectivity index (χ1n) is 6.19. The number of rotatable bonds is 3. The van der Waals surface area contributed by atoms with Crippen molar-refractivity contribution in [2.75, 3.05) is 13.1 Å². The summed E-state index contributed by atoms with van der Waals surface area (Å²) in [5.74, 6) is 0. The van der Waals surface area contributed by atoms with Crippen LogP contribution in [0.15, 0.2) is 40.0 Å². The molecular formula is C13H15BrN4O. The Kier molecular flexibility index (Phi) is 3.28. The van der Waals surface area contributed by atoms with E-state index in [-0.39, 0.29) is 5.56 Å². The fourth-order valence-corrected chi connectivity index (χ4v) is 2.66. The average molecular weight is 323 g/mol. The second-order valence-corrected chi connectivity index (χ2v) is 5.89.